The Morgan fingerprint density at radius 2 is 2.29 bits per heavy atom. The normalized spacial score (nSPS) is 10.5. The highest BCUT2D eigenvalue weighted by atomic mass is 35.5. The van der Waals surface area contributed by atoms with E-state index in [1.165, 1.54) is 0 Å². The van der Waals surface area contributed by atoms with Crippen molar-refractivity contribution in [1.29, 1.82) is 0 Å². The lowest BCUT2D eigenvalue weighted by molar-refractivity contribution is 0.340. The molecular formula is C12H14ClN3O. The van der Waals surface area contributed by atoms with Crippen LogP contribution in [-0.2, 0) is 6.54 Å². The molecule has 4 nitrogen and oxygen atoms in total. The number of halogens is 1. The Labute approximate surface area is 105 Å². The molecule has 0 amide bonds. The Bertz CT molecular complexity index is 510. The van der Waals surface area contributed by atoms with E-state index in [1.54, 1.807) is 0 Å². The lowest BCUT2D eigenvalue weighted by Gasteiger charge is -2.03. The minimum atomic E-state index is 0.344. The summed E-state index contributed by atoms with van der Waals surface area (Å²) in [5.74, 6) is 1.52. The molecule has 2 aromatic rings. The standard InChI is InChI=1S/C12H14ClN3O/c1-2-17-9-5-3-4-8(6-9)12-15-10(7-14)11(13)16-12/h3-6H,2,7,14H2,1H3,(H,15,16). The van der Waals surface area contributed by atoms with Gasteiger partial charge in [-0.3, -0.25) is 0 Å². The number of hydrogen-bond donors (Lipinski definition) is 2. The molecule has 0 unspecified atom stereocenters. The molecule has 3 N–H and O–H groups in total. The first kappa shape index (κ1) is 12.0. The average molecular weight is 252 g/mol. The molecule has 0 aliphatic rings. The van der Waals surface area contributed by atoms with E-state index in [-0.39, 0.29) is 0 Å². The largest absolute Gasteiger partial charge is 0.494 e. The number of H-pyrrole nitrogens is 1. The third kappa shape index (κ3) is 2.60. The van der Waals surface area contributed by atoms with Crippen LogP contribution in [0.15, 0.2) is 24.3 Å². The molecule has 0 spiro atoms. The Hall–Kier alpha value is -1.52. The molecule has 1 heterocycles. The lowest BCUT2D eigenvalue weighted by atomic mass is 10.2. The van der Waals surface area contributed by atoms with Crippen molar-refractivity contribution in [1.82, 2.24) is 9.97 Å². The Morgan fingerprint density at radius 3 is 2.94 bits per heavy atom. The van der Waals surface area contributed by atoms with Gasteiger partial charge in [0.2, 0.25) is 0 Å². The topological polar surface area (TPSA) is 63.9 Å². The molecule has 0 aliphatic carbocycles. The van der Waals surface area contributed by atoms with Gasteiger partial charge in [0, 0.05) is 12.1 Å². The summed E-state index contributed by atoms with van der Waals surface area (Å²) in [5, 5.41) is 0.421. The summed E-state index contributed by atoms with van der Waals surface area (Å²) in [6.45, 7) is 2.93. The first-order chi connectivity index (χ1) is 8.24. The minimum absolute atomic E-state index is 0.344. The second-order valence-corrected chi connectivity index (χ2v) is 3.88. The zero-order chi connectivity index (χ0) is 12.3. The van der Waals surface area contributed by atoms with Gasteiger partial charge in [-0.1, -0.05) is 23.7 Å². The number of aromatic amines is 1. The summed E-state index contributed by atoms with van der Waals surface area (Å²) in [6.07, 6.45) is 0. The fourth-order valence-electron chi connectivity index (χ4n) is 1.56. The molecule has 0 saturated heterocycles. The third-order valence-electron chi connectivity index (χ3n) is 2.35. The number of rotatable bonds is 4. The van der Waals surface area contributed by atoms with Crippen molar-refractivity contribution in [2.24, 2.45) is 5.73 Å². The van der Waals surface area contributed by atoms with Crippen molar-refractivity contribution in [2.45, 2.75) is 13.5 Å². The Balaban J connectivity index is 2.34. The molecule has 0 aliphatic heterocycles. The Morgan fingerprint density at radius 1 is 1.47 bits per heavy atom. The first-order valence-corrected chi connectivity index (χ1v) is 5.80. The monoisotopic (exact) mass is 251 g/mol. The maximum absolute atomic E-state index is 5.94. The van der Waals surface area contributed by atoms with E-state index in [4.69, 9.17) is 22.1 Å². The van der Waals surface area contributed by atoms with E-state index in [2.05, 4.69) is 9.97 Å². The molecule has 17 heavy (non-hydrogen) atoms. The van der Waals surface area contributed by atoms with Crippen LogP contribution < -0.4 is 10.5 Å². The lowest BCUT2D eigenvalue weighted by Crippen LogP contribution is -1.96. The number of nitrogens with one attached hydrogen (secondary N) is 1. The van der Waals surface area contributed by atoms with Gasteiger partial charge in [-0.25, -0.2) is 4.98 Å². The second kappa shape index (κ2) is 5.21. The van der Waals surface area contributed by atoms with Crippen LogP contribution in [0.2, 0.25) is 5.15 Å². The van der Waals surface area contributed by atoms with Crippen LogP contribution in [0.4, 0.5) is 0 Å². The number of aromatic nitrogens is 2. The van der Waals surface area contributed by atoms with Crippen molar-refractivity contribution in [3.8, 4) is 17.1 Å². The van der Waals surface area contributed by atoms with Crippen LogP contribution >= 0.6 is 11.6 Å². The summed E-state index contributed by atoms with van der Waals surface area (Å²) in [7, 11) is 0. The molecule has 0 atom stereocenters. The highest BCUT2D eigenvalue weighted by Gasteiger charge is 2.08. The maximum Gasteiger partial charge on any atom is 0.152 e. The van der Waals surface area contributed by atoms with Gasteiger partial charge in [0.15, 0.2) is 5.15 Å². The van der Waals surface area contributed by atoms with Gasteiger partial charge in [-0.05, 0) is 19.1 Å². The van der Waals surface area contributed by atoms with Crippen molar-refractivity contribution in [3.05, 3.63) is 35.1 Å². The van der Waals surface area contributed by atoms with Crippen LogP contribution in [0.1, 0.15) is 12.6 Å². The van der Waals surface area contributed by atoms with Gasteiger partial charge in [0.25, 0.3) is 0 Å². The number of nitrogens with zero attached hydrogens (tertiary/aromatic N) is 1. The molecule has 0 saturated carbocycles. The summed E-state index contributed by atoms with van der Waals surface area (Å²) < 4.78 is 5.43. The fraction of sp³-hybridized carbons (Fsp3) is 0.250. The molecule has 5 heteroatoms. The molecule has 0 fully saturated rings. The highest BCUT2D eigenvalue weighted by Crippen LogP contribution is 2.24. The zero-order valence-corrected chi connectivity index (χ0v) is 10.3. The molecule has 0 radical (unpaired) electrons. The fourth-order valence-corrected chi connectivity index (χ4v) is 1.77. The van der Waals surface area contributed by atoms with Crippen molar-refractivity contribution < 1.29 is 4.74 Å². The van der Waals surface area contributed by atoms with Gasteiger partial charge in [-0.15, -0.1) is 0 Å². The van der Waals surface area contributed by atoms with Crippen LogP contribution in [0.3, 0.4) is 0 Å². The first-order valence-electron chi connectivity index (χ1n) is 5.42. The molecule has 0 bridgehead atoms. The molecular weight excluding hydrogens is 238 g/mol. The summed E-state index contributed by atoms with van der Waals surface area (Å²) in [5.41, 5.74) is 7.21. The van der Waals surface area contributed by atoms with E-state index < -0.39 is 0 Å². The van der Waals surface area contributed by atoms with Crippen LogP contribution in [0.5, 0.6) is 5.75 Å². The minimum Gasteiger partial charge on any atom is -0.494 e. The summed E-state index contributed by atoms with van der Waals surface area (Å²) >= 11 is 5.94. The number of ether oxygens (including phenoxy) is 1. The number of hydrogen-bond acceptors (Lipinski definition) is 3. The number of nitrogens with two attached hydrogens (primary N) is 1. The quantitative estimate of drug-likeness (QED) is 0.878. The van der Waals surface area contributed by atoms with E-state index >= 15 is 0 Å². The SMILES string of the molecule is CCOc1cccc(-c2nc(Cl)c(CN)[nH]2)c1. The van der Waals surface area contributed by atoms with Crippen LogP contribution in [0.25, 0.3) is 11.4 Å². The number of imidazole rings is 1. The maximum atomic E-state index is 5.94. The predicted octanol–water partition coefficient (Wildman–Crippen LogP) is 2.59. The van der Waals surface area contributed by atoms with Gasteiger partial charge in [0.05, 0.1) is 12.3 Å². The molecule has 90 valence electrons. The zero-order valence-electron chi connectivity index (χ0n) is 9.53. The van der Waals surface area contributed by atoms with Crippen LogP contribution in [-0.4, -0.2) is 16.6 Å². The average Bonchev–Trinajstić information content (AvgIpc) is 2.71. The van der Waals surface area contributed by atoms with E-state index in [9.17, 15) is 0 Å². The van der Waals surface area contributed by atoms with Gasteiger partial charge < -0.3 is 15.5 Å². The summed E-state index contributed by atoms with van der Waals surface area (Å²) in [4.78, 5) is 7.32. The van der Waals surface area contributed by atoms with E-state index in [1.807, 2.05) is 31.2 Å². The highest BCUT2D eigenvalue weighted by molar-refractivity contribution is 6.30. The van der Waals surface area contributed by atoms with E-state index in [0.717, 1.165) is 17.0 Å². The number of benzene rings is 1. The van der Waals surface area contributed by atoms with Crippen molar-refractivity contribution >= 4 is 11.6 Å². The van der Waals surface area contributed by atoms with Crippen molar-refractivity contribution in [2.75, 3.05) is 6.61 Å². The van der Waals surface area contributed by atoms with E-state index in [0.29, 0.717) is 24.1 Å². The third-order valence-corrected chi connectivity index (χ3v) is 2.66. The summed E-state index contributed by atoms with van der Waals surface area (Å²) in [6, 6.07) is 7.68. The molecule has 1 aromatic heterocycles. The molecule has 1 aromatic carbocycles. The van der Waals surface area contributed by atoms with Gasteiger partial charge in [-0.2, -0.15) is 0 Å². The van der Waals surface area contributed by atoms with Crippen molar-refractivity contribution in [3.63, 3.8) is 0 Å². The van der Waals surface area contributed by atoms with Crippen LogP contribution in [0, 0.1) is 0 Å². The Kier molecular flexibility index (Phi) is 3.66. The molecule has 2 rings (SSSR count). The van der Waals surface area contributed by atoms with Gasteiger partial charge >= 0.3 is 0 Å². The smallest absolute Gasteiger partial charge is 0.152 e. The second-order valence-electron chi connectivity index (χ2n) is 3.52. The predicted molar refractivity (Wildman–Crippen MR) is 68.1 cm³/mol. The van der Waals surface area contributed by atoms with Gasteiger partial charge in [0.1, 0.15) is 11.6 Å².